The monoisotopic (exact) mass is 294 g/mol. The Morgan fingerprint density at radius 1 is 1.52 bits per heavy atom. The summed E-state index contributed by atoms with van der Waals surface area (Å²) in [6, 6.07) is 1.45. The molecule has 21 heavy (non-hydrogen) atoms. The summed E-state index contributed by atoms with van der Waals surface area (Å²) >= 11 is 0. The molecule has 116 valence electrons. The Bertz CT molecular complexity index is 495. The van der Waals surface area contributed by atoms with E-state index in [1.54, 1.807) is 6.92 Å². The second-order valence-corrected chi connectivity index (χ2v) is 5.44. The molecule has 0 aromatic carbocycles. The highest BCUT2D eigenvalue weighted by molar-refractivity contribution is 5.85. The maximum Gasteiger partial charge on any atom is 0.354 e. The number of aromatic nitrogens is 2. The summed E-state index contributed by atoms with van der Waals surface area (Å²) in [4.78, 5) is 21.4. The molecule has 0 saturated carbocycles. The van der Waals surface area contributed by atoms with Crippen LogP contribution in [0.15, 0.2) is 6.07 Å². The van der Waals surface area contributed by atoms with Crippen molar-refractivity contribution < 1.29 is 15.0 Å². The molecule has 0 amide bonds. The highest BCUT2D eigenvalue weighted by Gasteiger charge is 2.18. The van der Waals surface area contributed by atoms with Gasteiger partial charge in [0, 0.05) is 31.9 Å². The van der Waals surface area contributed by atoms with Gasteiger partial charge in [-0.15, -0.1) is 0 Å². The molecule has 1 aromatic heterocycles. The third-order valence-electron chi connectivity index (χ3n) is 3.65. The number of aliphatic hydroxyl groups is 1. The maximum absolute atomic E-state index is 10.9. The molecule has 1 atom stereocenters. The third kappa shape index (κ3) is 4.64. The number of aryl methyl sites for hydroxylation is 1. The normalized spacial score (nSPS) is 19.4. The standard InChI is InChI=1S/C14H22N4O3/c1-10-7-12(13(20)21)17-14(16-10)15-4-6-18-5-2-3-11(8-18)9-19/h7,11,19H,2-6,8-9H2,1H3,(H,20,21)(H,15,16,17). The SMILES string of the molecule is Cc1cc(C(=O)O)nc(NCCN2CCCC(CO)C2)n1. The van der Waals surface area contributed by atoms with Crippen molar-refractivity contribution in [2.75, 3.05) is 38.1 Å². The average molecular weight is 294 g/mol. The van der Waals surface area contributed by atoms with Gasteiger partial charge in [0.2, 0.25) is 5.95 Å². The van der Waals surface area contributed by atoms with Crippen LogP contribution in [0.25, 0.3) is 0 Å². The number of likely N-dealkylation sites (tertiary alicyclic amines) is 1. The largest absolute Gasteiger partial charge is 0.477 e. The number of carbonyl (C=O) groups is 1. The van der Waals surface area contributed by atoms with E-state index in [1.807, 2.05) is 0 Å². The van der Waals surface area contributed by atoms with Crippen LogP contribution in [-0.2, 0) is 0 Å². The van der Waals surface area contributed by atoms with Crippen molar-refractivity contribution >= 4 is 11.9 Å². The topological polar surface area (TPSA) is 98.6 Å². The van der Waals surface area contributed by atoms with E-state index in [1.165, 1.54) is 6.07 Å². The van der Waals surface area contributed by atoms with E-state index < -0.39 is 5.97 Å². The first-order valence-electron chi connectivity index (χ1n) is 7.24. The summed E-state index contributed by atoms with van der Waals surface area (Å²) in [7, 11) is 0. The number of nitrogens with one attached hydrogen (secondary N) is 1. The maximum atomic E-state index is 10.9. The van der Waals surface area contributed by atoms with Crippen molar-refractivity contribution in [1.82, 2.24) is 14.9 Å². The van der Waals surface area contributed by atoms with Crippen LogP contribution in [0.4, 0.5) is 5.95 Å². The number of hydrogen-bond donors (Lipinski definition) is 3. The van der Waals surface area contributed by atoms with Gasteiger partial charge >= 0.3 is 5.97 Å². The van der Waals surface area contributed by atoms with Crippen molar-refractivity contribution in [3.63, 3.8) is 0 Å². The minimum Gasteiger partial charge on any atom is -0.477 e. The number of carboxylic acid groups (broad SMARTS) is 1. The summed E-state index contributed by atoms with van der Waals surface area (Å²) in [5.41, 5.74) is 0.631. The molecule has 2 rings (SSSR count). The Morgan fingerprint density at radius 2 is 2.33 bits per heavy atom. The first-order valence-corrected chi connectivity index (χ1v) is 7.24. The first kappa shape index (κ1) is 15.7. The van der Waals surface area contributed by atoms with Gasteiger partial charge in [-0.25, -0.2) is 14.8 Å². The minimum absolute atomic E-state index is 0.00307. The molecule has 2 heterocycles. The molecule has 3 N–H and O–H groups in total. The average Bonchev–Trinajstić information content (AvgIpc) is 2.47. The summed E-state index contributed by atoms with van der Waals surface area (Å²) < 4.78 is 0. The van der Waals surface area contributed by atoms with Gasteiger partial charge < -0.3 is 20.4 Å². The number of hydrogen-bond acceptors (Lipinski definition) is 6. The molecule has 1 saturated heterocycles. The lowest BCUT2D eigenvalue weighted by Crippen LogP contribution is -2.39. The summed E-state index contributed by atoms with van der Waals surface area (Å²) in [5.74, 6) is -0.332. The number of aromatic carboxylic acids is 1. The number of anilines is 1. The van der Waals surface area contributed by atoms with Gasteiger partial charge in [0.05, 0.1) is 0 Å². The highest BCUT2D eigenvalue weighted by Crippen LogP contribution is 2.15. The second-order valence-electron chi connectivity index (χ2n) is 5.44. The van der Waals surface area contributed by atoms with Crippen LogP contribution in [0.1, 0.15) is 29.0 Å². The lowest BCUT2D eigenvalue weighted by Gasteiger charge is -2.31. The zero-order chi connectivity index (χ0) is 15.2. The quantitative estimate of drug-likeness (QED) is 0.706. The third-order valence-corrected chi connectivity index (χ3v) is 3.65. The first-order chi connectivity index (χ1) is 10.1. The van der Waals surface area contributed by atoms with Crippen LogP contribution in [0, 0.1) is 12.8 Å². The molecule has 1 aromatic rings. The zero-order valence-electron chi connectivity index (χ0n) is 12.2. The molecular weight excluding hydrogens is 272 g/mol. The van der Waals surface area contributed by atoms with E-state index in [-0.39, 0.29) is 12.3 Å². The van der Waals surface area contributed by atoms with Gasteiger partial charge in [-0.05, 0) is 38.3 Å². The molecule has 0 spiro atoms. The summed E-state index contributed by atoms with van der Waals surface area (Å²) in [5, 5.41) is 21.2. The lowest BCUT2D eigenvalue weighted by atomic mass is 9.99. The van der Waals surface area contributed by atoms with E-state index in [9.17, 15) is 9.90 Å². The Balaban J connectivity index is 1.84. The van der Waals surface area contributed by atoms with Crippen LogP contribution in [0.2, 0.25) is 0 Å². The molecule has 1 unspecified atom stereocenters. The fraction of sp³-hybridized carbons (Fsp3) is 0.643. The van der Waals surface area contributed by atoms with Crippen LogP contribution >= 0.6 is 0 Å². The van der Waals surface area contributed by atoms with E-state index in [2.05, 4.69) is 20.2 Å². The van der Waals surface area contributed by atoms with Gasteiger partial charge in [-0.3, -0.25) is 0 Å². The number of carboxylic acids is 1. The number of aliphatic hydroxyl groups excluding tert-OH is 1. The van der Waals surface area contributed by atoms with Crippen molar-refractivity contribution in [3.8, 4) is 0 Å². The molecule has 0 aliphatic carbocycles. The molecule has 1 aliphatic rings. The zero-order valence-corrected chi connectivity index (χ0v) is 12.2. The van der Waals surface area contributed by atoms with Gasteiger partial charge in [0.15, 0.2) is 5.69 Å². The smallest absolute Gasteiger partial charge is 0.354 e. The van der Waals surface area contributed by atoms with Gasteiger partial charge in [0.25, 0.3) is 0 Å². The van der Waals surface area contributed by atoms with E-state index in [0.29, 0.717) is 24.1 Å². The fourth-order valence-electron chi connectivity index (χ4n) is 2.59. The summed E-state index contributed by atoms with van der Waals surface area (Å²) in [6.45, 7) is 5.42. The molecule has 1 aliphatic heterocycles. The van der Waals surface area contributed by atoms with Crippen LogP contribution in [-0.4, -0.2) is 63.8 Å². The van der Waals surface area contributed by atoms with E-state index in [0.717, 1.165) is 32.5 Å². The molecule has 0 bridgehead atoms. The van der Waals surface area contributed by atoms with E-state index in [4.69, 9.17) is 5.11 Å². The highest BCUT2D eigenvalue weighted by atomic mass is 16.4. The number of piperidine rings is 1. The van der Waals surface area contributed by atoms with Crippen molar-refractivity contribution in [1.29, 1.82) is 0 Å². The number of rotatable bonds is 6. The summed E-state index contributed by atoms with van der Waals surface area (Å²) in [6.07, 6.45) is 2.19. The predicted octanol–water partition coefficient (Wildman–Crippen LogP) is 0.599. The molecule has 7 heteroatoms. The molecular formula is C14H22N4O3. The number of nitrogens with zero attached hydrogens (tertiary/aromatic N) is 3. The molecule has 1 fully saturated rings. The Morgan fingerprint density at radius 3 is 3.05 bits per heavy atom. The van der Waals surface area contributed by atoms with Crippen LogP contribution in [0.3, 0.4) is 0 Å². The Labute approximate surface area is 124 Å². The van der Waals surface area contributed by atoms with Crippen molar-refractivity contribution in [2.45, 2.75) is 19.8 Å². The lowest BCUT2D eigenvalue weighted by molar-refractivity contribution is 0.0690. The van der Waals surface area contributed by atoms with Crippen molar-refractivity contribution in [2.24, 2.45) is 5.92 Å². The predicted molar refractivity (Wildman–Crippen MR) is 78.5 cm³/mol. The van der Waals surface area contributed by atoms with Gasteiger partial charge in [-0.2, -0.15) is 0 Å². The van der Waals surface area contributed by atoms with Crippen LogP contribution < -0.4 is 5.32 Å². The Hall–Kier alpha value is -1.73. The Kier molecular flexibility index (Phi) is 5.46. The van der Waals surface area contributed by atoms with E-state index >= 15 is 0 Å². The fourth-order valence-corrected chi connectivity index (χ4v) is 2.59. The minimum atomic E-state index is -1.05. The van der Waals surface area contributed by atoms with Gasteiger partial charge in [-0.1, -0.05) is 0 Å². The van der Waals surface area contributed by atoms with Gasteiger partial charge in [0.1, 0.15) is 0 Å². The molecule has 7 nitrogen and oxygen atoms in total. The van der Waals surface area contributed by atoms with Crippen molar-refractivity contribution in [3.05, 3.63) is 17.5 Å². The van der Waals surface area contributed by atoms with Crippen LogP contribution in [0.5, 0.6) is 0 Å². The second kappa shape index (κ2) is 7.33. The molecule has 0 radical (unpaired) electrons.